The Kier molecular flexibility index (Phi) is 5.76. The molecule has 0 fully saturated rings. The summed E-state index contributed by atoms with van der Waals surface area (Å²) >= 11 is 11.4. The summed E-state index contributed by atoms with van der Waals surface area (Å²) in [6, 6.07) is 12.8. The molecule has 6 nitrogen and oxygen atoms in total. The summed E-state index contributed by atoms with van der Waals surface area (Å²) in [6.07, 6.45) is 0. The number of carbonyl (C=O) groups is 1. The van der Waals surface area contributed by atoms with Gasteiger partial charge in [0.05, 0.1) is 11.0 Å². The van der Waals surface area contributed by atoms with Crippen LogP contribution in [0.1, 0.15) is 35.8 Å². The van der Waals surface area contributed by atoms with E-state index in [2.05, 4.69) is 5.32 Å². The van der Waals surface area contributed by atoms with Gasteiger partial charge in [-0.05, 0) is 37.7 Å². The summed E-state index contributed by atoms with van der Waals surface area (Å²) in [5.41, 5.74) is 2.10. The van der Waals surface area contributed by atoms with Crippen molar-refractivity contribution in [2.75, 3.05) is 6.54 Å². The maximum atomic E-state index is 13.3. The molecule has 1 aliphatic heterocycles. The summed E-state index contributed by atoms with van der Waals surface area (Å²) in [7, 11) is 0. The van der Waals surface area contributed by atoms with Gasteiger partial charge in [0.25, 0.3) is 5.69 Å². The predicted molar refractivity (Wildman–Crippen MR) is 112 cm³/mol. The molecule has 1 heterocycles. The molecule has 0 spiro atoms. The van der Waals surface area contributed by atoms with E-state index in [0.29, 0.717) is 28.4 Å². The maximum Gasteiger partial charge on any atom is 0.288 e. The van der Waals surface area contributed by atoms with Crippen molar-refractivity contribution >= 4 is 40.4 Å². The summed E-state index contributed by atoms with van der Waals surface area (Å²) in [5, 5.41) is 15.0. The van der Waals surface area contributed by atoms with E-state index >= 15 is 0 Å². The molecule has 0 amide bonds. The second-order valence-corrected chi connectivity index (χ2v) is 7.08. The number of rotatable bonds is 5. The van der Waals surface area contributed by atoms with Gasteiger partial charge in [0, 0.05) is 29.4 Å². The Bertz CT molecular complexity index is 991. The van der Waals surface area contributed by atoms with Crippen molar-refractivity contribution in [3.05, 3.63) is 86.1 Å². The highest BCUT2D eigenvalue weighted by Crippen LogP contribution is 2.36. The van der Waals surface area contributed by atoms with Gasteiger partial charge in [0.1, 0.15) is 5.02 Å². The molecule has 1 aliphatic rings. The quantitative estimate of drug-likeness (QED) is 0.331. The number of nitro groups is 1. The lowest BCUT2D eigenvalue weighted by Gasteiger charge is -2.37. The molecular weight excluding hydrogens is 398 g/mol. The number of hydrogen-bond donors (Lipinski definition) is 1. The van der Waals surface area contributed by atoms with Crippen molar-refractivity contribution < 1.29 is 9.72 Å². The smallest absolute Gasteiger partial charge is 0.288 e. The Morgan fingerprint density at radius 1 is 1.29 bits per heavy atom. The lowest BCUT2D eigenvalue weighted by atomic mass is 9.89. The molecule has 28 heavy (non-hydrogen) atoms. The number of nitro benzene ring substituents is 1. The van der Waals surface area contributed by atoms with E-state index in [1.54, 1.807) is 30.3 Å². The minimum atomic E-state index is -0.612. The minimum absolute atomic E-state index is 0.0407. The number of hydrogen-bond acceptors (Lipinski definition) is 4. The molecule has 1 unspecified atom stereocenters. The van der Waals surface area contributed by atoms with Gasteiger partial charge in [-0.25, -0.2) is 0 Å². The van der Waals surface area contributed by atoms with Gasteiger partial charge in [0.2, 0.25) is 0 Å². The molecule has 144 valence electrons. The largest absolute Gasteiger partial charge is 0.351 e. The van der Waals surface area contributed by atoms with Crippen LogP contribution < -0.4 is 5.32 Å². The second-order valence-electron chi connectivity index (χ2n) is 6.29. The van der Waals surface area contributed by atoms with Gasteiger partial charge in [-0.3, -0.25) is 14.9 Å². The molecule has 0 bridgehead atoms. The first-order valence-electron chi connectivity index (χ1n) is 8.67. The highest BCUT2D eigenvalue weighted by Gasteiger charge is 2.34. The molecule has 2 aromatic carbocycles. The van der Waals surface area contributed by atoms with E-state index in [1.807, 2.05) is 24.8 Å². The third kappa shape index (κ3) is 3.63. The van der Waals surface area contributed by atoms with Crippen LogP contribution in [0.3, 0.4) is 0 Å². The van der Waals surface area contributed by atoms with Crippen molar-refractivity contribution in [1.29, 1.82) is 0 Å². The van der Waals surface area contributed by atoms with E-state index in [9.17, 15) is 14.9 Å². The van der Waals surface area contributed by atoms with Crippen molar-refractivity contribution in [2.45, 2.75) is 19.9 Å². The topological polar surface area (TPSA) is 75.5 Å². The molecule has 3 rings (SSSR count). The van der Waals surface area contributed by atoms with Crippen LogP contribution in [0.4, 0.5) is 5.69 Å². The Hall–Kier alpha value is -2.77. The Balaban J connectivity index is 2.17. The SMILES string of the molecule is CCN1C(=S)NC(c2ccc(Cl)c([N+](=O)[O-])c2)C(C(=O)c2ccccc2)=C1C. The number of ketones is 1. The standard InChI is InChI=1S/C20H18ClN3O3S/c1-3-23-12(2)17(19(25)13-7-5-4-6-8-13)18(22-20(23)28)14-9-10-15(21)16(11-14)24(26)27/h4-11,18H,3H2,1-2H3,(H,22,28). The van der Waals surface area contributed by atoms with Gasteiger partial charge in [-0.2, -0.15) is 0 Å². The number of thiocarbonyl (C=S) groups is 1. The Labute approximate surface area is 172 Å². The number of allylic oxidation sites excluding steroid dienone is 1. The number of Topliss-reactive ketones (excluding diaryl/α,β-unsaturated/α-hetero) is 1. The predicted octanol–water partition coefficient (Wildman–Crippen LogP) is 4.66. The first-order chi connectivity index (χ1) is 13.3. The number of nitrogens with zero attached hydrogens (tertiary/aromatic N) is 2. The fourth-order valence-electron chi connectivity index (χ4n) is 3.30. The van der Waals surface area contributed by atoms with Gasteiger partial charge in [-0.15, -0.1) is 0 Å². The number of benzene rings is 2. The van der Waals surface area contributed by atoms with E-state index in [4.69, 9.17) is 23.8 Å². The van der Waals surface area contributed by atoms with Crippen LogP contribution in [0.15, 0.2) is 59.8 Å². The highest BCUT2D eigenvalue weighted by molar-refractivity contribution is 7.80. The van der Waals surface area contributed by atoms with Gasteiger partial charge in [0.15, 0.2) is 10.9 Å². The first kappa shape index (κ1) is 20.0. The molecule has 0 radical (unpaired) electrons. The molecule has 1 N–H and O–H groups in total. The third-order valence-corrected chi connectivity index (χ3v) is 5.35. The molecule has 2 aromatic rings. The molecule has 0 saturated carbocycles. The number of carbonyl (C=O) groups excluding carboxylic acids is 1. The molecule has 0 saturated heterocycles. The van der Waals surface area contributed by atoms with Crippen molar-refractivity contribution in [2.24, 2.45) is 0 Å². The van der Waals surface area contributed by atoms with E-state index in [0.717, 1.165) is 5.70 Å². The number of nitrogens with one attached hydrogen (secondary N) is 1. The van der Waals surface area contributed by atoms with Crippen LogP contribution >= 0.6 is 23.8 Å². The van der Waals surface area contributed by atoms with Crippen LogP contribution in [-0.2, 0) is 0 Å². The fraction of sp³-hybridized carbons (Fsp3) is 0.200. The summed E-state index contributed by atoms with van der Waals surface area (Å²) in [6.45, 7) is 4.37. The highest BCUT2D eigenvalue weighted by atomic mass is 35.5. The minimum Gasteiger partial charge on any atom is -0.351 e. The fourth-order valence-corrected chi connectivity index (χ4v) is 3.87. The maximum absolute atomic E-state index is 13.3. The van der Waals surface area contributed by atoms with Crippen LogP contribution in [-0.4, -0.2) is 27.3 Å². The summed E-state index contributed by atoms with van der Waals surface area (Å²) in [5.74, 6) is -0.158. The number of halogens is 1. The average molecular weight is 416 g/mol. The molecule has 0 aromatic heterocycles. The summed E-state index contributed by atoms with van der Waals surface area (Å²) in [4.78, 5) is 25.9. The Morgan fingerprint density at radius 2 is 1.96 bits per heavy atom. The zero-order valence-electron chi connectivity index (χ0n) is 15.3. The monoisotopic (exact) mass is 415 g/mol. The van der Waals surface area contributed by atoms with Crippen molar-refractivity contribution in [1.82, 2.24) is 10.2 Å². The second kappa shape index (κ2) is 8.08. The van der Waals surface area contributed by atoms with Crippen molar-refractivity contribution in [3.8, 4) is 0 Å². The molecule has 8 heteroatoms. The Morgan fingerprint density at radius 3 is 2.57 bits per heavy atom. The van der Waals surface area contributed by atoms with E-state index < -0.39 is 11.0 Å². The lowest BCUT2D eigenvalue weighted by molar-refractivity contribution is -0.384. The van der Waals surface area contributed by atoms with Crippen molar-refractivity contribution in [3.63, 3.8) is 0 Å². The van der Waals surface area contributed by atoms with E-state index in [-0.39, 0.29) is 16.5 Å². The van der Waals surface area contributed by atoms with Crippen LogP contribution in [0.25, 0.3) is 0 Å². The van der Waals surface area contributed by atoms with Gasteiger partial charge < -0.3 is 10.2 Å². The van der Waals surface area contributed by atoms with Crippen LogP contribution in [0.2, 0.25) is 5.02 Å². The molecular formula is C20H18ClN3O3S. The third-order valence-electron chi connectivity index (χ3n) is 4.69. The van der Waals surface area contributed by atoms with Crippen LogP contribution in [0.5, 0.6) is 0 Å². The normalized spacial score (nSPS) is 16.8. The summed E-state index contributed by atoms with van der Waals surface area (Å²) < 4.78 is 0. The first-order valence-corrected chi connectivity index (χ1v) is 9.46. The van der Waals surface area contributed by atoms with Crippen LogP contribution in [0, 0.1) is 10.1 Å². The van der Waals surface area contributed by atoms with Gasteiger partial charge >= 0.3 is 0 Å². The van der Waals surface area contributed by atoms with E-state index in [1.165, 1.54) is 12.1 Å². The zero-order valence-corrected chi connectivity index (χ0v) is 16.9. The van der Waals surface area contributed by atoms with Gasteiger partial charge in [-0.1, -0.05) is 48.0 Å². The molecule has 0 aliphatic carbocycles. The average Bonchev–Trinajstić information content (AvgIpc) is 2.68. The zero-order chi connectivity index (χ0) is 20.4. The molecule has 1 atom stereocenters. The lowest BCUT2D eigenvalue weighted by Crippen LogP contribution is -2.47.